The van der Waals surface area contributed by atoms with Crippen LogP contribution in [0.3, 0.4) is 0 Å². The van der Waals surface area contributed by atoms with E-state index < -0.39 is 0 Å². The van der Waals surface area contributed by atoms with Crippen molar-refractivity contribution >= 4 is 5.91 Å². The molecule has 0 fully saturated rings. The molecule has 0 unspecified atom stereocenters. The van der Waals surface area contributed by atoms with Crippen molar-refractivity contribution in [1.82, 2.24) is 5.32 Å². The number of amides is 1. The molecule has 0 saturated heterocycles. The van der Waals surface area contributed by atoms with Crippen LogP contribution in [0.5, 0.6) is 11.5 Å². The van der Waals surface area contributed by atoms with Crippen molar-refractivity contribution in [2.45, 2.75) is 44.6 Å². The molecule has 1 amide bonds. The van der Waals surface area contributed by atoms with Crippen LogP contribution in [0.1, 0.15) is 60.8 Å². The highest BCUT2D eigenvalue weighted by atomic mass is 19.1. The molecule has 202 valence electrons. The van der Waals surface area contributed by atoms with E-state index in [9.17, 15) is 9.18 Å². The number of carbonyl (C=O) groups is 1. The zero-order chi connectivity index (χ0) is 27.6. The molecule has 5 heteroatoms. The highest BCUT2D eigenvalue weighted by Crippen LogP contribution is 2.35. The summed E-state index contributed by atoms with van der Waals surface area (Å²) in [5.41, 5.74) is 4.13. The van der Waals surface area contributed by atoms with Gasteiger partial charge < -0.3 is 14.8 Å². The molecule has 0 radical (unpaired) electrons. The third-order valence-electron chi connectivity index (χ3n) is 6.79. The first-order valence-corrected chi connectivity index (χ1v) is 13.4. The Hall–Kier alpha value is -4.12. The van der Waals surface area contributed by atoms with Crippen molar-refractivity contribution in [3.63, 3.8) is 0 Å². The molecule has 4 rings (SSSR count). The van der Waals surface area contributed by atoms with Crippen LogP contribution in [0.4, 0.5) is 4.39 Å². The Kier molecular flexibility index (Phi) is 9.74. The monoisotopic (exact) mass is 525 g/mol. The predicted molar refractivity (Wildman–Crippen MR) is 154 cm³/mol. The number of para-hydroxylation sites is 1. The van der Waals surface area contributed by atoms with E-state index in [1.807, 2.05) is 74.5 Å². The van der Waals surface area contributed by atoms with Crippen molar-refractivity contribution in [1.29, 1.82) is 0 Å². The average Bonchev–Trinajstić information content (AvgIpc) is 2.95. The molecule has 0 aromatic heterocycles. The van der Waals surface area contributed by atoms with E-state index in [1.54, 1.807) is 19.2 Å². The lowest BCUT2D eigenvalue weighted by Crippen LogP contribution is -2.27. The number of benzene rings is 4. The first-order chi connectivity index (χ1) is 18.9. The zero-order valence-electron chi connectivity index (χ0n) is 22.8. The highest BCUT2D eigenvalue weighted by Gasteiger charge is 2.21. The van der Waals surface area contributed by atoms with Gasteiger partial charge in [-0.2, -0.15) is 0 Å². The number of carbonyl (C=O) groups excluding carboxylic acids is 1. The van der Waals surface area contributed by atoms with Gasteiger partial charge in [-0.05, 0) is 67.3 Å². The van der Waals surface area contributed by atoms with Crippen molar-refractivity contribution in [2.75, 3.05) is 13.7 Å². The average molecular weight is 526 g/mol. The van der Waals surface area contributed by atoms with Gasteiger partial charge in [-0.1, -0.05) is 72.8 Å². The molecule has 2 atom stereocenters. The molecule has 1 N–H and O–H groups in total. The fourth-order valence-electron chi connectivity index (χ4n) is 4.93. The minimum Gasteiger partial charge on any atom is -0.496 e. The normalized spacial score (nSPS) is 12.5. The second-order valence-corrected chi connectivity index (χ2v) is 9.89. The Bertz CT molecular complexity index is 1320. The summed E-state index contributed by atoms with van der Waals surface area (Å²) < 4.78 is 25.1. The van der Waals surface area contributed by atoms with Crippen LogP contribution in [-0.4, -0.2) is 25.7 Å². The lowest BCUT2D eigenvalue weighted by molar-refractivity contribution is -0.121. The maximum Gasteiger partial charge on any atom is 0.220 e. The standard InChI is InChI=1S/C34H36FNO3/c1-24(2)39-29-19-15-26(16-20-29)30(31-11-7-8-12-33(31)38-3)21-22-36-34(37)23-32(25-9-5-4-6-10-25)27-13-17-28(35)18-14-27/h4-20,24,30,32H,21-23H2,1-3H3,(H,36,37)/t30-,32+/m1/s1. The fraction of sp³-hybridized carbons (Fsp3) is 0.265. The quantitative estimate of drug-likeness (QED) is 0.209. The Morgan fingerprint density at radius 3 is 2.03 bits per heavy atom. The third-order valence-corrected chi connectivity index (χ3v) is 6.79. The van der Waals surface area contributed by atoms with Gasteiger partial charge in [-0.25, -0.2) is 4.39 Å². The summed E-state index contributed by atoms with van der Waals surface area (Å²) in [6.07, 6.45) is 1.07. The summed E-state index contributed by atoms with van der Waals surface area (Å²) in [6, 6.07) is 32.4. The first-order valence-electron chi connectivity index (χ1n) is 13.4. The van der Waals surface area contributed by atoms with E-state index in [0.29, 0.717) is 13.0 Å². The molecular weight excluding hydrogens is 489 g/mol. The van der Waals surface area contributed by atoms with Crippen LogP contribution in [0, 0.1) is 5.82 Å². The van der Waals surface area contributed by atoms with Crippen molar-refractivity contribution < 1.29 is 18.7 Å². The van der Waals surface area contributed by atoms with E-state index in [-0.39, 0.29) is 36.1 Å². The molecule has 0 heterocycles. The second kappa shape index (κ2) is 13.6. The number of hydrogen-bond acceptors (Lipinski definition) is 3. The number of methoxy groups -OCH3 is 1. The van der Waals surface area contributed by atoms with Crippen LogP contribution in [0.15, 0.2) is 103 Å². The summed E-state index contributed by atoms with van der Waals surface area (Å²) in [5, 5.41) is 3.13. The Morgan fingerprint density at radius 1 is 0.769 bits per heavy atom. The summed E-state index contributed by atoms with van der Waals surface area (Å²) in [6.45, 7) is 4.51. The van der Waals surface area contributed by atoms with Crippen molar-refractivity contribution in [2.24, 2.45) is 0 Å². The van der Waals surface area contributed by atoms with E-state index >= 15 is 0 Å². The van der Waals surface area contributed by atoms with Crippen LogP contribution in [-0.2, 0) is 4.79 Å². The Balaban J connectivity index is 1.49. The summed E-state index contributed by atoms with van der Waals surface area (Å²) in [5.74, 6) is 1.17. The number of rotatable bonds is 12. The molecule has 0 bridgehead atoms. The predicted octanol–water partition coefficient (Wildman–Crippen LogP) is 7.48. The molecule has 4 aromatic carbocycles. The van der Waals surface area contributed by atoms with Gasteiger partial charge in [-0.15, -0.1) is 0 Å². The number of nitrogens with one attached hydrogen (secondary N) is 1. The van der Waals surface area contributed by atoms with Gasteiger partial charge in [0.15, 0.2) is 0 Å². The number of halogens is 1. The fourth-order valence-corrected chi connectivity index (χ4v) is 4.93. The Labute approximate surface area is 230 Å². The third kappa shape index (κ3) is 7.70. The van der Waals surface area contributed by atoms with Gasteiger partial charge in [0.2, 0.25) is 5.91 Å². The lowest BCUT2D eigenvalue weighted by atomic mass is 9.87. The maximum absolute atomic E-state index is 13.6. The first kappa shape index (κ1) is 27.9. The van der Waals surface area contributed by atoms with E-state index in [0.717, 1.165) is 33.8 Å². The van der Waals surface area contributed by atoms with E-state index in [4.69, 9.17) is 9.47 Å². The molecule has 0 saturated carbocycles. The molecular formula is C34H36FNO3. The van der Waals surface area contributed by atoms with Gasteiger partial charge in [-0.3, -0.25) is 4.79 Å². The minimum atomic E-state index is -0.291. The van der Waals surface area contributed by atoms with Gasteiger partial charge >= 0.3 is 0 Å². The smallest absolute Gasteiger partial charge is 0.220 e. The largest absolute Gasteiger partial charge is 0.496 e. The van der Waals surface area contributed by atoms with Gasteiger partial charge in [0, 0.05) is 30.4 Å². The SMILES string of the molecule is COc1ccccc1[C@H](CCNC(=O)C[C@@H](c1ccccc1)c1ccc(F)cc1)c1ccc(OC(C)C)cc1. The Morgan fingerprint density at radius 2 is 1.36 bits per heavy atom. The van der Waals surface area contributed by atoms with Crippen molar-refractivity contribution in [3.05, 3.63) is 131 Å². The molecule has 0 spiro atoms. The molecule has 0 aliphatic rings. The van der Waals surface area contributed by atoms with E-state index in [2.05, 4.69) is 23.5 Å². The van der Waals surface area contributed by atoms with Crippen LogP contribution in [0.2, 0.25) is 0 Å². The van der Waals surface area contributed by atoms with Gasteiger partial charge in [0.1, 0.15) is 17.3 Å². The van der Waals surface area contributed by atoms with Crippen molar-refractivity contribution in [3.8, 4) is 11.5 Å². The zero-order valence-corrected chi connectivity index (χ0v) is 22.8. The van der Waals surface area contributed by atoms with Crippen LogP contribution in [0.25, 0.3) is 0 Å². The molecule has 0 aliphatic carbocycles. The topological polar surface area (TPSA) is 47.6 Å². The number of ether oxygens (including phenoxy) is 2. The summed E-state index contributed by atoms with van der Waals surface area (Å²) in [7, 11) is 1.68. The number of hydrogen-bond donors (Lipinski definition) is 1. The maximum atomic E-state index is 13.6. The minimum absolute atomic E-state index is 0.0246. The van der Waals surface area contributed by atoms with Crippen LogP contribution >= 0.6 is 0 Å². The highest BCUT2D eigenvalue weighted by molar-refractivity contribution is 5.77. The summed E-state index contributed by atoms with van der Waals surface area (Å²) in [4.78, 5) is 13.2. The van der Waals surface area contributed by atoms with Gasteiger partial charge in [0.05, 0.1) is 13.2 Å². The molecule has 0 aliphatic heterocycles. The van der Waals surface area contributed by atoms with Crippen LogP contribution < -0.4 is 14.8 Å². The molecule has 4 aromatic rings. The second-order valence-electron chi connectivity index (χ2n) is 9.89. The lowest BCUT2D eigenvalue weighted by Gasteiger charge is -2.22. The van der Waals surface area contributed by atoms with Gasteiger partial charge in [0.25, 0.3) is 0 Å². The molecule has 4 nitrogen and oxygen atoms in total. The summed E-state index contributed by atoms with van der Waals surface area (Å²) >= 11 is 0. The van der Waals surface area contributed by atoms with E-state index in [1.165, 1.54) is 12.1 Å². The molecule has 39 heavy (non-hydrogen) atoms.